The standard InChI is InChI=1S/C31H34N4O5/c36-28-27-17-20(40-29-23-13-7-6-11-21(23)22-12-8-9-14-24(22)33-29)18-35(27)30(37)25(34-31(38)39)15-5-3-1-2-4-10-19-16-26(19)32-28/h4,6-14,19-20,25-27,34H,1-3,5,15-18H2,(H,32,36)(H,38,39). The molecule has 3 amide bonds. The van der Waals surface area contributed by atoms with Gasteiger partial charge in [-0.2, -0.15) is 0 Å². The molecule has 2 aliphatic heterocycles. The van der Waals surface area contributed by atoms with Crippen molar-refractivity contribution in [1.29, 1.82) is 0 Å². The minimum Gasteiger partial charge on any atom is -0.472 e. The molecule has 1 saturated heterocycles. The van der Waals surface area contributed by atoms with Crippen molar-refractivity contribution >= 4 is 39.6 Å². The van der Waals surface area contributed by atoms with Gasteiger partial charge in [0.25, 0.3) is 0 Å². The van der Waals surface area contributed by atoms with Crippen molar-refractivity contribution in [3.63, 3.8) is 0 Å². The fourth-order valence-corrected chi connectivity index (χ4v) is 6.03. The average molecular weight is 543 g/mol. The van der Waals surface area contributed by atoms with Crippen molar-refractivity contribution in [3.05, 3.63) is 60.7 Å². The van der Waals surface area contributed by atoms with E-state index in [1.807, 2.05) is 48.5 Å². The van der Waals surface area contributed by atoms with E-state index in [0.717, 1.165) is 47.4 Å². The second-order valence-electron chi connectivity index (χ2n) is 11.0. The van der Waals surface area contributed by atoms with Crippen molar-refractivity contribution in [2.24, 2.45) is 5.92 Å². The monoisotopic (exact) mass is 542 g/mol. The summed E-state index contributed by atoms with van der Waals surface area (Å²) >= 11 is 0. The quantitative estimate of drug-likeness (QED) is 0.333. The summed E-state index contributed by atoms with van der Waals surface area (Å²) in [7, 11) is 0. The molecule has 3 N–H and O–H groups in total. The van der Waals surface area contributed by atoms with E-state index in [9.17, 15) is 19.5 Å². The van der Waals surface area contributed by atoms with Gasteiger partial charge < -0.3 is 25.4 Å². The Labute approximate surface area is 232 Å². The summed E-state index contributed by atoms with van der Waals surface area (Å²) < 4.78 is 6.46. The second kappa shape index (κ2) is 11.2. The lowest BCUT2D eigenvalue weighted by Crippen LogP contribution is -2.53. The van der Waals surface area contributed by atoms with Crippen LogP contribution in [0.4, 0.5) is 4.79 Å². The Morgan fingerprint density at radius 1 is 1.00 bits per heavy atom. The summed E-state index contributed by atoms with van der Waals surface area (Å²) in [6.45, 7) is 0.172. The van der Waals surface area contributed by atoms with E-state index in [0.29, 0.717) is 31.1 Å². The van der Waals surface area contributed by atoms with Gasteiger partial charge in [-0.05, 0) is 49.1 Å². The number of aromatic nitrogens is 1. The molecule has 1 saturated carbocycles. The van der Waals surface area contributed by atoms with Gasteiger partial charge in [0.1, 0.15) is 18.2 Å². The van der Waals surface area contributed by atoms with Gasteiger partial charge in [-0.1, -0.05) is 61.4 Å². The maximum atomic E-state index is 13.8. The maximum absolute atomic E-state index is 13.8. The first kappa shape index (κ1) is 26.1. The van der Waals surface area contributed by atoms with Gasteiger partial charge in [-0.15, -0.1) is 0 Å². The predicted molar refractivity (Wildman–Crippen MR) is 151 cm³/mol. The van der Waals surface area contributed by atoms with Crippen molar-refractivity contribution in [2.75, 3.05) is 6.54 Å². The van der Waals surface area contributed by atoms with Crippen LogP contribution in [0.25, 0.3) is 21.7 Å². The molecule has 0 bridgehead atoms. The molecule has 1 aromatic heterocycles. The molecule has 2 aromatic carbocycles. The molecule has 3 aromatic rings. The number of nitrogens with zero attached hydrogens (tertiary/aromatic N) is 2. The maximum Gasteiger partial charge on any atom is 0.405 e. The summed E-state index contributed by atoms with van der Waals surface area (Å²) in [5.74, 6) is 0.176. The van der Waals surface area contributed by atoms with E-state index in [-0.39, 0.29) is 24.4 Å². The number of carbonyl (C=O) groups excluding carboxylic acids is 2. The summed E-state index contributed by atoms with van der Waals surface area (Å²) in [5, 5.41) is 17.9. The highest BCUT2D eigenvalue weighted by molar-refractivity contribution is 6.07. The minimum absolute atomic E-state index is 0.0600. The Morgan fingerprint density at radius 2 is 1.77 bits per heavy atom. The first-order valence-electron chi connectivity index (χ1n) is 14.2. The topological polar surface area (TPSA) is 121 Å². The van der Waals surface area contributed by atoms with Crippen molar-refractivity contribution in [3.8, 4) is 5.88 Å². The Morgan fingerprint density at radius 3 is 2.60 bits per heavy atom. The predicted octanol–water partition coefficient (Wildman–Crippen LogP) is 4.40. The lowest BCUT2D eigenvalue weighted by Gasteiger charge is -2.28. The number of para-hydroxylation sites is 1. The van der Waals surface area contributed by atoms with Gasteiger partial charge in [0, 0.05) is 23.2 Å². The van der Waals surface area contributed by atoms with Crippen LogP contribution < -0.4 is 15.4 Å². The molecule has 3 heterocycles. The number of pyridine rings is 1. The molecule has 0 spiro atoms. The molecule has 208 valence electrons. The van der Waals surface area contributed by atoms with Crippen molar-refractivity contribution < 1.29 is 24.2 Å². The third-order valence-corrected chi connectivity index (χ3v) is 8.21. The van der Waals surface area contributed by atoms with Crippen molar-refractivity contribution in [2.45, 2.75) is 69.2 Å². The highest BCUT2D eigenvalue weighted by Crippen LogP contribution is 2.35. The summed E-state index contributed by atoms with van der Waals surface area (Å²) in [6.07, 6.45) is 7.72. The molecular formula is C31H34N4O5. The molecule has 1 aliphatic carbocycles. The Kier molecular flexibility index (Phi) is 7.28. The van der Waals surface area contributed by atoms with Crippen LogP contribution in [0.2, 0.25) is 0 Å². The van der Waals surface area contributed by atoms with E-state index in [2.05, 4.69) is 22.8 Å². The van der Waals surface area contributed by atoms with E-state index in [1.54, 1.807) is 0 Å². The number of nitrogens with one attached hydrogen (secondary N) is 2. The zero-order chi connectivity index (χ0) is 27.6. The number of carbonyl (C=O) groups is 3. The van der Waals surface area contributed by atoms with Gasteiger partial charge in [-0.25, -0.2) is 9.78 Å². The average Bonchev–Trinajstić information content (AvgIpc) is 3.54. The number of hydrogen-bond donors (Lipinski definition) is 3. The number of benzene rings is 2. The Balaban J connectivity index is 1.29. The first-order chi connectivity index (χ1) is 19.5. The fraction of sp³-hybridized carbons (Fsp3) is 0.419. The van der Waals surface area contributed by atoms with E-state index in [1.165, 1.54) is 4.90 Å². The molecule has 0 radical (unpaired) electrons. The molecule has 40 heavy (non-hydrogen) atoms. The lowest BCUT2D eigenvalue weighted by molar-refractivity contribution is -0.140. The van der Waals surface area contributed by atoms with Gasteiger partial charge in [0.2, 0.25) is 17.7 Å². The molecule has 3 aliphatic rings. The molecule has 6 rings (SSSR count). The van der Waals surface area contributed by atoms with Crippen LogP contribution >= 0.6 is 0 Å². The minimum atomic E-state index is -1.25. The zero-order valence-corrected chi connectivity index (χ0v) is 22.3. The molecular weight excluding hydrogens is 508 g/mol. The van der Waals surface area contributed by atoms with Crippen LogP contribution in [-0.4, -0.2) is 63.7 Å². The lowest BCUT2D eigenvalue weighted by atomic mass is 10.1. The number of carboxylic acid groups (broad SMARTS) is 1. The smallest absolute Gasteiger partial charge is 0.405 e. The summed E-state index contributed by atoms with van der Waals surface area (Å²) in [6, 6.07) is 14.2. The third kappa shape index (κ3) is 5.46. The first-order valence-corrected chi connectivity index (χ1v) is 14.2. The molecule has 2 fully saturated rings. The number of amides is 3. The number of fused-ring (bicyclic) bond motifs is 5. The van der Waals surface area contributed by atoms with E-state index >= 15 is 0 Å². The Bertz CT molecular complexity index is 1470. The van der Waals surface area contributed by atoms with Crippen LogP contribution in [0.15, 0.2) is 60.7 Å². The normalized spacial score (nSPS) is 27.3. The largest absolute Gasteiger partial charge is 0.472 e. The molecule has 5 atom stereocenters. The number of allylic oxidation sites excluding steroid dienone is 1. The van der Waals surface area contributed by atoms with Gasteiger partial charge in [0.05, 0.1) is 12.1 Å². The highest BCUT2D eigenvalue weighted by Gasteiger charge is 2.45. The number of hydrogen-bond acceptors (Lipinski definition) is 5. The number of rotatable bonds is 3. The van der Waals surface area contributed by atoms with Crippen LogP contribution in [0.5, 0.6) is 5.88 Å². The van der Waals surface area contributed by atoms with Gasteiger partial charge >= 0.3 is 6.09 Å². The van der Waals surface area contributed by atoms with Crippen LogP contribution in [0, 0.1) is 5.92 Å². The second-order valence-corrected chi connectivity index (χ2v) is 11.0. The molecule has 9 nitrogen and oxygen atoms in total. The van der Waals surface area contributed by atoms with Crippen LogP contribution in [0.1, 0.15) is 44.9 Å². The molecule has 9 heteroatoms. The van der Waals surface area contributed by atoms with E-state index < -0.39 is 24.3 Å². The SMILES string of the molecule is O=C(O)NC1CCCCCC=CC2CC2NC(=O)C2CC(Oc3nc4ccccc4c4ccccc34)CN2C1=O. The zero-order valence-electron chi connectivity index (χ0n) is 22.3. The highest BCUT2D eigenvalue weighted by atomic mass is 16.5. The van der Waals surface area contributed by atoms with Gasteiger partial charge in [-0.3, -0.25) is 9.59 Å². The fourth-order valence-electron chi connectivity index (χ4n) is 6.03. The third-order valence-electron chi connectivity index (χ3n) is 8.21. The van der Waals surface area contributed by atoms with E-state index in [4.69, 9.17) is 9.72 Å². The summed E-state index contributed by atoms with van der Waals surface area (Å²) in [5.41, 5.74) is 0.802. The Hall–Kier alpha value is -4.14. The van der Waals surface area contributed by atoms with Gasteiger partial charge in [0.15, 0.2) is 0 Å². The molecule has 5 unspecified atom stereocenters. The number of ether oxygens (including phenoxy) is 1. The van der Waals surface area contributed by atoms with Crippen LogP contribution in [0.3, 0.4) is 0 Å². The van der Waals surface area contributed by atoms with Crippen LogP contribution in [-0.2, 0) is 9.59 Å². The summed E-state index contributed by atoms with van der Waals surface area (Å²) in [4.78, 5) is 45.1. The van der Waals surface area contributed by atoms with Crippen molar-refractivity contribution in [1.82, 2.24) is 20.5 Å².